The van der Waals surface area contributed by atoms with Crippen molar-refractivity contribution in [2.75, 3.05) is 19.6 Å². The van der Waals surface area contributed by atoms with Gasteiger partial charge in [-0.1, -0.05) is 27.2 Å². The van der Waals surface area contributed by atoms with Crippen LogP contribution in [0.25, 0.3) is 0 Å². The lowest BCUT2D eigenvalue weighted by molar-refractivity contribution is 0.208. The molecule has 1 atom stereocenters. The Kier molecular flexibility index (Phi) is 5.58. The summed E-state index contributed by atoms with van der Waals surface area (Å²) < 4.78 is 0. The Morgan fingerprint density at radius 2 is 2.00 bits per heavy atom. The summed E-state index contributed by atoms with van der Waals surface area (Å²) in [5, 5.41) is 7.04. The molecule has 0 aliphatic carbocycles. The summed E-state index contributed by atoms with van der Waals surface area (Å²) in [6.07, 6.45) is 4.15. The lowest BCUT2D eigenvalue weighted by Gasteiger charge is -2.29. The second kappa shape index (κ2) is 7.01. The fourth-order valence-electron chi connectivity index (χ4n) is 2.61. The minimum Gasteiger partial charge on any atom is -0.307 e. The van der Waals surface area contributed by atoms with Crippen LogP contribution in [0.4, 0.5) is 0 Å². The zero-order valence-corrected chi connectivity index (χ0v) is 14.2. The molecule has 1 aliphatic heterocycles. The summed E-state index contributed by atoms with van der Waals surface area (Å²) in [5.74, 6) is 0. The molecule has 4 heteroatoms. The molecule has 1 N–H and O–H groups in total. The largest absolute Gasteiger partial charge is 0.307 e. The SMILES string of the molecule is CC(CN1CCCCC1)NCc1csc(C(C)(C)C)n1. The molecule has 0 amide bonds. The van der Waals surface area contributed by atoms with Crippen molar-refractivity contribution in [3.8, 4) is 0 Å². The van der Waals surface area contributed by atoms with E-state index in [2.05, 4.69) is 43.3 Å². The van der Waals surface area contributed by atoms with E-state index in [0.717, 1.165) is 13.1 Å². The van der Waals surface area contributed by atoms with Crippen LogP contribution in [0.1, 0.15) is 57.7 Å². The van der Waals surface area contributed by atoms with Crippen molar-refractivity contribution in [1.82, 2.24) is 15.2 Å². The Morgan fingerprint density at radius 3 is 2.60 bits per heavy atom. The first kappa shape index (κ1) is 15.9. The third-order valence-corrected chi connectivity index (χ3v) is 5.12. The first-order chi connectivity index (χ1) is 9.45. The lowest BCUT2D eigenvalue weighted by atomic mass is 9.98. The van der Waals surface area contributed by atoms with E-state index in [4.69, 9.17) is 4.98 Å². The molecule has 0 spiro atoms. The van der Waals surface area contributed by atoms with Gasteiger partial charge >= 0.3 is 0 Å². The average molecular weight is 295 g/mol. The summed E-state index contributed by atoms with van der Waals surface area (Å²) in [4.78, 5) is 7.33. The number of thiazole rings is 1. The summed E-state index contributed by atoms with van der Waals surface area (Å²) in [6.45, 7) is 13.6. The van der Waals surface area contributed by atoms with Gasteiger partial charge in [0.25, 0.3) is 0 Å². The number of nitrogens with one attached hydrogen (secondary N) is 1. The fourth-order valence-corrected chi connectivity index (χ4v) is 3.51. The maximum Gasteiger partial charge on any atom is 0.0982 e. The van der Waals surface area contributed by atoms with Gasteiger partial charge in [0.05, 0.1) is 10.7 Å². The lowest BCUT2D eigenvalue weighted by Crippen LogP contribution is -2.41. The molecule has 2 heterocycles. The summed E-state index contributed by atoms with van der Waals surface area (Å²) in [6, 6.07) is 0.535. The zero-order valence-electron chi connectivity index (χ0n) is 13.4. The van der Waals surface area contributed by atoms with Gasteiger partial charge in [-0.3, -0.25) is 0 Å². The van der Waals surface area contributed by atoms with E-state index in [0.29, 0.717) is 6.04 Å². The molecule has 1 saturated heterocycles. The first-order valence-electron chi connectivity index (χ1n) is 7.86. The van der Waals surface area contributed by atoms with Gasteiger partial charge in [0.15, 0.2) is 0 Å². The molecule has 114 valence electrons. The Balaban J connectivity index is 1.75. The van der Waals surface area contributed by atoms with E-state index in [1.54, 1.807) is 11.3 Å². The fraction of sp³-hybridized carbons (Fsp3) is 0.812. The van der Waals surface area contributed by atoms with Gasteiger partial charge < -0.3 is 10.2 Å². The molecule has 1 aromatic heterocycles. The van der Waals surface area contributed by atoms with Crippen LogP contribution in [0.2, 0.25) is 0 Å². The van der Waals surface area contributed by atoms with Gasteiger partial charge in [-0.2, -0.15) is 0 Å². The molecule has 0 bridgehead atoms. The number of hydrogen-bond donors (Lipinski definition) is 1. The maximum atomic E-state index is 4.74. The van der Waals surface area contributed by atoms with Gasteiger partial charge in [0.1, 0.15) is 0 Å². The van der Waals surface area contributed by atoms with Crippen LogP contribution in [-0.4, -0.2) is 35.6 Å². The van der Waals surface area contributed by atoms with Gasteiger partial charge in [0, 0.05) is 29.9 Å². The third kappa shape index (κ3) is 4.83. The van der Waals surface area contributed by atoms with Crippen LogP contribution in [0.15, 0.2) is 5.38 Å². The number of hydrogen-bond acceptors (Lipinski definition) is 4. The summed E-state index contributed by atoms with van der Waals surface area (Å²) in [5.41, 5.74) is 1.35. The van der Waals surface area contributed by atoms with Crippen molar-refractivity contribution in [1.29, 1.82) is 0 Å². The van der Waals surface area contributed by atoms with Crippen molar-refractivity contribution in [2.24, 2.45) is 0 Å². The molecular formula is C16H29N3S. The number of piperidine rings is 1. The van der Waals surface area contributed by atoms with Crippen molar-refractivity contribution < 1.29 is 0 Å². The maximum absolute atomic E-state index is 4.74. The Morgan fingerprint density at radius 1 is 1.30 bits per heavy atom. The van der Waals surface area contributed by atoms with Crippen molar-refractivity contribution in [3.05, 3.63) is 16.1 Å². The van der Waals surface area contributed by atoms with E-state index in [1.807, 2.05) is 0 Å². The topological polar surface area (TPSA) is 28.2 Å². The number of likely N-dealkylation sites (tertiary alicyclic amines) is 1. The molecule has 1 aromatic rings. The van der Waals surface area contributed by atoms with Crippen LogP contribution in [0.3, 0.4) is 0 Å². The van der Waals surface area contributed by atoms with Crippen LogP contribution in [0.5, 0.6) is 0 Å². The van der Waals surface area contributed by atoms with Crippen molar-refractivity contribution in [3.63, 3.8) is 0 Å². The normalized spacial score (nSPS) is 19.2. The van der Waals surface area contributed by atoms with Crippen LogP contribution in [-0.2, 0) is 12.0 Å². The van der Waals surface area contributed by atoms with E-state index in [9.17, 15) is 0 Å². The number of rotatable bonds is 5. The molecule has 0 aromatic carbocycles. The zero-order chi connectivity index (χ0) is 14.6. The molecule has 0 radical (unpaired) electrons. The minimum atomic E-state index is 0.169. The second-order valence-electron chi connectivity index (χ2n) is 7.04. The highest BCUT2D eigenvalue weighted by molar-refractivity contribution is 7.09. The van der Waals surface area contributed by atoms with Gasteiger partial charge in [0.2, 0.25) is 0 Å². The van der Waals surface area contributed by atoms with Crippen molar-refractivity contribution in [2.45, 2.75) is 65.0 Å². The quantitative estimate of drug-likeness (QED) is 0.902. The number of nitrogens with zero attached hydrogens (tertiary/aromatic N) is 2. The van der Waals surface area contributed by atoms with E-state index >= 15 is 0 Å². The standard InChI is InChI=1S/C16H29N3S/c1-13(11-19-8-6-5-7-9-19)17-10-14-12-20-15(18-14)16(2,3)4/h12-13,17H,5-11H2,1-4H3. The summed E-state index contributed by atoms with van der Waals surface area (Å²) in [7, 11) is 0. The Hall–Kier alpha value is -0.450. The van der Waals surface area contributed by atoms with Crippen LogP contribution in [0, 0.1) is 0 Å². The monoisotopic (exact) mass is 295 g/mol. The smallest absolute Gasteiger partial charge is 0.0982 e. The molecule has 1 unspecified atom stereocenters. The van der Waals surface area contributed by atoms with Gasteiger partial charge in [-0.05, 0) is 32.9 Å². The van der Waals surface area contributed by atoms with Crippen molar-refractivity contribution >= 4 is 11.3 Å². The minimum absolute atomic E-state index is 0.169. The second-order valence-corrected chi connectivity index (χ2v) is 7.90. The van der Waals surface area contributed by atoms with E-state index in [1.165, 1.54) is 43.1 Å². The molecule has 0 saturated carbocycles. The van der Waals surface area contributed by atoms with Crippen LogP contribution >= 0.6 is 11.3 Å². The predicted molar refractivity (Wildman–Crippen MR) is 87.4 cm³/mol. The number of aromatic nitrogens is 1. The van der Waals surface area contributed by atoms with Gasteiger partial charge in [-0.25, -0.2) is 4.98 Å². The predicted octanol–water partition coefficient (Wildman–Crippen LogP) is 3.40. The summed E-state index contributed by atoms with van der Waals surface area (Å²) >= 11 is 1.78. The molecule has 1 fully saturated rings. The first-order valence-corrected chi connectivity index (χ1v) is 8.74. The molecule has 3 nitrogen and oxygen atoms in total. The highest BCUT2D eigenvalue weighted by Gasteiger charge is 2.18. The Labute approximate surface area is 127 Å². The van der Waals surface area contributed by atoms with Gasteiger partial charge in [-0.15, -0.1) is 11.3 Å². The van der Waals surface area contributed by atoms with E-state index < -0.39 is 0 Å². The highest BCUT2D eigenvalue weighted by Crippen LogP contribution is 2.25. The Bertz CT molecular complexity index is 402. The van der Waals surface area contributed by atoms with Crippen LogP contribution < -0.4 is 5.32 Å². The molecule has 20 heavy (non-hydrogen) atoms. The molecule has 2 rings (SSSR count). The average Bonchev–Trinajstić information content (AvgIpc) is 2.86. The highest BCUT2D eigenvalue weighted by atomic mass is 32.1. The van der Waals surface area contributed by atoms with E-state index in [-0.39, 0.29) is 5.41 Å². The molecule has 1 aliphatic rings. The molecular weight excluding hydrogens is 266 g/mol. The third-order valence-electron chi connectivity index (χ3n) is 3.81.